The topological polar surface area (TPSA) is 75.3 Å². The third-order valence-electron chi connectivity index (χ3n) is 4.44. The molecule has 8 heteroatoms. The molecule has 0 bridgehead atoms. The van der Waals surface area contributed by atoms with Crippen LogP contribution in [0.5, 0.6) is 0 Å². The number of rotatable bonds is 7. The SMILES string of the molecule is Cl.Cl.NCCCN(Cc1ccccc1)C(=O)c1ccc(N2CCCC2)nn1. The standard InChI is InChI=1S/C19H25N5O.2ClH/c20-11-6-14-24(15-16-7-2-1-3-8-16)19(25)17-9-10-18(22-21-17)23-12-4-5-13-23;;/h1-3,7-10H,4-6,11-15,20H2;2*1H. The molecule has 3 rings (SSSR count). The van der Waals surface area contributed by atoms with Crippen LogP contribution in [-0.4, -0.2) is 47.2 Å². The maximum Gasteiger partial charge on any atom is 0.274 e. The first-order valence-corrected chi connectivity index (χ1v) is 8.90. The Morgan fingerprint density at radius 3 is 2.33 bits per heavy atom. The zero-order chi connectivity index (χ0) is 17.5. The summed E-state index contributed by atoms with van der Waals surface area (Å²) in [6, 6.07) is 13.6. The highest BCUT2D eigenvalue weighted by atomic mass is 35.5. The van der Waals surface area contributed by atoms with E-state index in [0.717, 1.165) is 30.9 Å². The Balaban J connectivity index is 0.00000182. The molecule has 0 unspecified atom stereocenters. The second kappa shape index (κ2) is 11.7. The van der Waals surface area contributed by atoms with E-state index in [4.69, 9.17) is 5.73 Å². The van der Waals surface area contributed by atoms with Crippen LogP contribution in [0.2, 0.25) is 0 Å². The molecule has 1 aromatic heterocycles. The molecule has 0 saturated carbocycles. The van der Waals surface area contributed by atoms with Gasteiger partial charge in [0.2, 0.25) is 0 Å². The predicted molar refractivity (Wildman–Crippen MR) is 113 cm³/mol. The molecular weight excluding hydrogens is 385 g/mol. The lowest BCUT2D eigenvalue weighted by molar-refractivity contribution is 0.0735. The normalized spacial score (nSPS) is 12.9. The maximum absolute atomic E-state index is 12.9. The van der Waals surface area contributed by atoms with Crippen molar-refractivity contribution >= 4 is 36.5 Å². The van der Waals surface area contributed by atoms with Crippen molar-refractivity contribution in [2.45, 2.75) is 25.8 Å². The summed E-state index contributed by atoms with van der Waals surface area (Å²) in [6.45, 7) is 3.74. The summed E-state index contributed by atoms with van der Waals surface area (Å²) in [7, 11) is 0. The lowest BCUT2D eigenvalue weighted by Gasteiger charge is -2.22. The van der Waals surface area contributed by atoms with E-state index in [9.17, 15) is 4.79 Å². The lowest BCUT2D eigenvalue weighted by Crippen LogP contribution is -2.33. The Hall–Kier alpha value is -1.89. The molecule has 2 N–H and O–H groups in total. The number of hydrogen-bond donors (Lipinski definition) is 1. The molecule has 148 valence electrons. The fraction of sp³-hybridized carbons (Fsp3) is 0.421. The van der Waals surface area contributed by atoms with Gasteiger partial charge in [0.25, 0.3) is 5.91 Å². The van der Waals surface area contributed by atoms with Crippen molar-refractivity contribution < 1.29 is 4.79 Å². The van der Waals surface area contributed by atoms with Crippen molar-refractivity contribution in [3.8, 4) is 0 Å². The third kappa shape index (κ3) is 6.34. The first-order valence-electron chi connectivity index (χ1n) is 8.90. The molecule has 27 heavy (non-hydrogen) atoms. The number of hydrogen-bond acceptors (Lipinski definition) is 5. The Kier molecular flexibility index (Phi) is 10.1. The minimum atomic E-state index is -0.0993. The smallest absolute Gasteiger partial charge is 0.274 e. The number of halogens is 2. The molecule has 1 saturated heterocycles. The maximum atomic E-state index is 12.9. The first-order chi connectivity index (χ1) is 12.3. The summed E-state index contributed by atoms with van der Waals surface area (Å²) in [5, 5.41) is 8.43. The summed E-state index contributed by atoms with van der Waals surface area (Å²) in [6.07, 6.45) is 3.14. The molecule has 0 atom stereocenters. The molecule has 1 aliphatic heterocycles. The van der Waals surface area contributed by atoms with E-state index >= 15 is 0 Å². The summed E-state index contributed by atoms with van der Waals surface area (Å²) >= 11 is 0. The van der Waals surface area contributed by atoms with Crippen molar-refractivity contribution in [2.24, 2.45) is 5.73 Å². The molecule has 0 aliphatic carbocycles. The highest BCUT2D eigenvalue weighted by Gasteiger charge is 2.19. The van der Waals surface area contributed by atoms with E-state index in [2.05, 4.69) is 15.1 Å². The Morgan fingerprint density at radius 1 is 1.04 bits per heavy atom. The number of benzene rings is 1. The fourth-order valence-electron chi connectivity index (χ4n) is 3.05. The van der Waals surface area contributed by atoms with Crippen molar-refractivity contribution in [1.82, 2.24) is 15.1 Å². The minimum absolute atomic E-state index is 0. The van der Waals surface area contributed by atoms with Gasteiger partial charge in [-0.25, -0.2) is 0 Å². The first kappa shape index (κ1) is 23.1. The molecule has 1 aliphatic rings. The number of carbonyl (C=O) groups excluding carboxylic acids is 1. The molecule has 2 aromatic rings. The van der Waals surface area contributed by atoms with Crippen LogP contribution in [-0.2, 0) is 6.54 Å². The van der Waals surface area contributed by atoms with Crippen molar-refractivity contribution in [2.75, 3.05) is 31.1 Å². The van der Waals surface area contributed by atoms with E-state index in [-0.39, 0.29) is 30.7 Å². The number of nitrogens with two attached hydrogens (primary N) is 1. The van der Waals surface area contributed by atoms with Crippen LogP contribution < -0.4 is 10.6 Å². The number of carbonyl (C=O) groups is 1. The van der Waals surface area contributed by atoms with Crippen LogP contribution >= 0.6 is 24.8 Å². The average molecular weight is 412 g/mol. The molecule has 1 aromatic carbocycles. The van der Waals surface area contributed by atoms with Crippen molar-refractivity contribution in [3.05, 3.63) is 53.7 Å². The van der Waals surface area contributed by atoms with Gasteiger partial charge in [-0.1, -0.05) is 30.3 Å². The van der Waals surface area contributed by atoms with Crippen LogP contribution in [0.1, 0.15) is 35.3 Å². The molecule has 2 heterocycles. The summed E-state index contributed by atoms with van der Waals surface area (Å²) in [4.78, 5) is 16.9. The van der Waals surface area contributed by atoms with E-state index < -0.39 is 0 Å². The van der Waals surface area contributed by atoms with Gasteiger partial charge in [0.15, 0.2) is 11.5 Å². The average Bonchev–Trinajstić information content (AvgIpc) is 3.20. The highest BCUT2D eigenvalue weighted by Crippen LogP contribution is 2.17. The second-order valence-corrected chi connectivity index (χ2v) is 6.33. The third-order valence-corrected chi connectivity index (χ3v) is 4.44. The van der Waals surface area contributed by atoms with Crippen LogP contribution in [0.25, 0.3) is 0 Å². The molecule has 0 spiro atoms. The molecule has 1 amide bonds. The van der Waals surface area contributed by atoms with Gasteiger partial charge >= 0.3 is 0 Å². The quantitative estimate of drug-likeness (QED) is 0.757. The number of anilines is 1. The van der Waals surface area contributed by atoms with E-state index in [1.807, 2.05) is 36.4 Å². The van der Waals surface area contributed by atoms with Crippen molar-refractivity contribution in [3.63, 3.8) is 0 Å². The number of amides is 1. The Morgan fingerprint density at radius 2 is 1.74 bits per heavy atom. The Labute approximate surface area is 173 Å². The Bertz CT molecular complexity index is 678. The lowest BCUT2D eigenvalue weighted by atomic mass is 10.2. The monoisotopic (exact) mass is 411 g/mol. The summed E-state index contributed by atoms with van der Waals surface area (Å²) in [5.74, 6) is 0.753. The van der Waals surface area contributed by atoms with Gasteiger partial charge in [-0.05, 0) is 43.5 Å². The number of aromatic nitrogens is 2. The van der Waals surface area contributed by atoms with Gasteiger partial charge in [-0.2, -0.15) is 0 Å². The van der Waals surface area contributed by atoms with E-state index in [1.54, 1.807) is 11.0 Å². The van der Waals surface area contributed by atoms with Crippen molar-refractivity contribution in [1.29, 1.82) is 0 Å². The fourth-order valence-corrected chi connectivity index (χ4v) is 3.05. The number of nitrogens with zero attached hydrogens (tertiary/aromatic N) is 4. The van der Waals surface area contributed by atoms with Gasteiger partial charge in [0.1, 0.15) is 0 Å². The highest BCUT2D eigenvalue weighted by molar-refractivity contribution is 5.92. The summed E-state index contributed by atoms with van der Waals surface area (Å²) in [5.41, 5.74) is 7.10. The van der Waals surface area contributed by atoms with Gasteiger partial charge in [0.05, 0.1) is 0 Å². The van der Waals surface area contributed by atoms with Crippen LogP contribution in [0, 0.1) is 0 Å². The predicted octanol–water partition coefficient (Wildman–Crippen LogP) is 2.91. The van der Waals surface area contributed by atoms with Crippen LogP contribution in [0.3, 0.4) is 0 Å². The van der Waals surface area contributed by atoms with E-state index in [1.165, 1.54) is 12.8 Å². The van der Waals surface area contributed by atoms with Gasteiger partial charge in [0, 0.05) is 26.2 Å². The second-order valence-electron chi connectivity index (χ2n) is 6.33. The molecule has 6 nitrogen and oxygen atoms in total. The van der Waals surface area contributed by atoms with Gasteiger partial charge < -0.3 is 15.5 Å². The van der Waals surface area contributed by atoms with Crippen LogP contribution in [0.4, 0.5) is 5.82 Å². The summed E-state index contributed by atoms with van der Waals surface area (Å²) < 4.78 is 0. The van der Waals surface area contributed by atoms with Gasteiger partial charge in [-0.15, -0.1) is 35.0 Å². The zero-order valence-corrected chi connectivity index (χ0v) is 16.9. The molecule has 1 fully saturated rings. The minimum Gasteiger partial charge on any atom is -0.355 e. The zero-order valence-electron chi connectivity index (χ0n) is 15.3. The van der Waals surface area contributed by atoms with E-state index in [0.29, 0.717) is 25.3 Å². The van der Waals surface area contributed by atoms with Gasteiger partial charge in [-0.3, -0.25) is 4.79 Å². The largest absolute Gasteiger partial charge is 0.355 e. The molecule has 0 radical (unpaired) electrons. The van der Waals surface area contributed by atoms with Crippen LogP contribution in [0.15, 0.2) is 42.5 Å². The molecular formula is C19H27Cl2N5O.